The van der Waals surface area contributed by atoms with Crippen molar-refractivity contribution in [3.63, 3.8) is 0 Å². The number of aryl methyl sites for hydroxylation is 4. The molecule has 17 heavy (non-hydrogen) atoms. The van der Waals surface area contributed by atoms with Gasteiger partial charge in [0.05, 0.1) is 0 Å². The van der Waals surface area contributed by atoms with Gasteiger partial charge in [-0.25, -0.2) is 0 Å². The first-order valence-corrected chi connectivity index (χ1v) is 6.82. The molecule has 0 saturated carbocycles. The minimum atomic E-state index is 1.31. The summed E-state index contributed by atoms with van der Waals surface area (Å²) in [4.78, 5) is 0. The average Bonchev–Trinajstić information content (AvgIpc) is 2.25. The Morgan fingerprint density at radius 1 is 0.647 bits per heavy atom. The van der Waals surface area contributed by atoms with E-state index < -0.39 is 0 Å². The molecule has 0 amide bonds. The van der Waals surface area contributed by atoms with E-state index in [9.17, 15) is 0 Å². The number of hydrogen-bond acceptors (Lipinski definition) is 0. The van der Waals surface area contributed by atoms with E-state index in [0.717, 1.165) is 0 Å². The Bertz CT molecular complexity index is 492. The molecule has 0 fully saturated rings. The Hall–Kier alpha value is -1.13. The van der Waals surface area contributed by atoms with Gasteiger partial charge in [0.25, 0.3) is 0 Å². The van der Waals surface area contributed by atoms with Crippen molar-refractivity contribution in [3.8, 4) is 0 Å². The minimum absolute atomic E-state index is 1.31. The lowest BCUT2D eigenvalue weighted by molar-refractivity contribution is 1.41. The van der Waals surface area contributed by atoms with Crippen LogP contribution in [0.15, 0.2) is 36.4 Å². The summed E-state index contributed by atoms with van der Waals surface area (Å²) in [6.45, 7) is 8.67. The molecule has 0 aromatic heterocycles. The van der Waals surface area contributed by atoms with Crippen LogP contribution in [0.4, 0.5) is 0 Å². The third kappa shape index (κ3) is 2.96. The van der Waals surface area contributed by atoms with Gasteiger partial charge < -0.3 is 0 Å². The second-order valence-electron chi connectivity index (χ2n) is 4.69. The predicted molar refractivity (Wildman–Crippen MR) is 78.0 cm³/mol. The molecule has 87 valence electrons. The zero-order chi connectivity index (χ0) is 12.4. The molecule has 0 nitrogen and oxygen atoms in total. The van der Waals surface area contributed by atoms with Crippen molar-refractivity contribution in [1.29, 1.82) is 0 Å². The summed E-state index contributed by atoms with van der Waals surface area (Å²) in [5.74, 6) is 0. The highest BCUT2D eigenvalue weighted by atomic mass is 31.1. The number of hydrogen-bond donors (Lipinski definition) is 0. The van der Waals surface area contributed by atoms with Crippen LogP contribution in [0.3, 0.4) is 0 Å². The molecule has 1 radical (unpaired) electrons. The first-order chi connectivity index (χ1) is 8.06. The zero-order valence-electron chi connectivity index (χ0n) is 10.9. The van der Waals surface area contributed by atoms with Gasteiger partial charge in [0.2, 0.25) is 0 Å². The Morgan fingerprint density at radius 2 is 1.06 bits per heavy atom. The van der Waals surface area contributed by atoms with E-state index in [0.29, 0.717) is 0 Å². The van der Waals surface area contributed by atoms with E-state index >= 15 is 0 Å². The highest BCUT2D eigenvalue weighted by molar-refractivity contribution is 7.55. The first-order valence-electron chi connectivity index (χ1n) is 5.92. The van der Waals surface area contributed by atoms with Crippen molar-refractivity contribution < 1.29 is 0 Å². The molecule has 1 heteroatoms. The van der Waals surface area contributed by atoms with Crippen LogP contribution in [-0.4, -0.2) is 0 Å². The van der Waals surface area contributed by atoms with E-state index in [2.05, 4.69) is 64.1 Å². The largest absolute Gasteiger partial charge is 0.0586 e. The third-order valence-corrected chi connectivity index (χ3v) is 4.43. The lowest BCUT2D eigenvalue weighted by Gasteiger charge is -2.09. The second-order valence-corrected chi connectivity index (χ2v) is 5.88. The minimum Gasteiger partial charge on any atom is -0.0586 e. The van der Waals surface area contributed by atoms with Crippen molar-refractivity contribution >= 4 is 19.2 Å². The summed E-state index contributed by atoms with van der Waals surface area (Å²) in [6, 6.07) is 13.4. The third-order valence-electron chi connectivity index (χ3n) is 2.95. The molecule has 0 aliphatic rings. The molecule has 0 aliphatic heterocycles. The van der Waals surface area contributed by atoms with E-state index in [-0.39, 0.29) is 0 Å². The monoisotopic (exact) mass is 241 g/mol. The van der Waals surface area contributed by atoms with Gasteiger partial charge in [-0.15, -0.1) is 0 Å². The summed E-state index contributed by atoms with van der Waals surface area (Å²) in [6.07, 6.45) is 0. The van der Waals surface area contributed by atoms with E-state index in [1.807, 2.05) is 0 Å². The van der Waals surface area contributed by atoms with Gasteiger partial charge in [-0.2, -0.15) is 0 Å². The van der Waals surface area contributed by atoms with Crippen LogP contribution in [0.25, 0.3) is 0 Å². The van der Waals surface area contributed by atoms with Crippen molar-refractivity contribution in [1.82, 2.24) is 0 Å². The molecule has 0 unspecified atom stereocenters. The van der Waals surface area contributed by atoms with Crippen LogP contribution < -0.4 is 10.6 Å². The van der Waals surface area contributed by atoms with Crippen LogP contribution in [0.2, 0.25) is 0 Å². The molecular weight excluding hydrogens is 223 g/mol. The number of rotatable bonds is 2. The van der Waals surface area contributed by atoms with Crippen molar-refractivity contribution in [3.05, 3.63) is 58.7 Å². The van der Waals surface area contributed by atoms with Gasteiger partial charge in [0.15, 0.2) is 0 Å². The smallest absolute Gasteiger partial charge is 0.00947 e. The highest BCUT2D eigenvalue weighted by Gasteiger charge is 2.04. The van der Waals surface area contributed by atoms with Crippen LogP contribution >= 0.6 is 8.58 Å². The molecule has 0 atom stereocenters. The van der Waals surface area contributed by atoms with E-state index in [4.69, 9.17) is 0 Å². The SMILES string of the molecule is Cc1ccc([P]c2ccc(C)cc2C)c(C)c1. The summed E-state index contributed by atoms with van der Waals surface area (Å²) in [5, 5.41) is 2.81. The van der Waals surface area contributed by atoms with Crippen LogP contribution in [0, 0.1) is 27.7 Å². The van der Waals surface area contributed by atoms with Gasteiger partial charge in [0, 0.05) is 0 Å². The second kappa shape index (κ2) is 5.02. The molecular formula is C16H18P. The summed E-state index contributed by atoms with van der Waals surface area (Å²) in [7, 11) is 1.31. The average molecular weight is 241 g/mol. The van der Waals surface area contributed by atoms with Crippen molar-refractivity contribution in [2.45, 2.75) is 27.7 Å². The summed E-state index contributed by atoms with van der Waals surface area (Å²) >= 11 is 0. The first kappa shape index (κ1) is 12.3. The summed E-state index contributed by atoms with van der Waals surface area (Å²) < 4.78 is 0. The maximum atomic E-state index is 2.26. The Kier molecular flexibility index (Phi) is 3.64. The molecule has 2 aromatic carbocycles. The van der Waals surface area contributed by atoms with Gasteiger partial charge in [-0.1, -0.05) is 47.5 Å². The fourth-order valence-corrected chi connectivity index (χ4v) is 3.03. The molecule has 0 N–H and O–H groups in total. The quantitative estimate of drug-likeness (QED) is 0.701. The lowest BCUT2D eigenvalue weighted by atomic mass is 10.2. The van der Waals surface area contributed by atoms with Crippen molar-refractivity contribution in [2.75, 3.05) is 0 Å². The van der Waals surface area contributed by atoms with Crippen LogP contribution in [0.1, 0.15) is 22.3 Å². The normalized spacial score (nSPS) is 10.6. The molecule has 0 aliphatic carbocycles. The highest BCUT2D eigenvalue weighted by Crippen LogP contribution is 2.17. The predicted octanol–water partition coefficient (Wildman–Crippen LogP) is 3.82. The molecule has 0 heterocycles. The van der Waals surface area contributed by atoms with Gasteiger partial charge in [0.1, 0.15) is 0 Å². The van der Waals surface area contributed by atoms with Gasteiger partial charge >= 0.3 is 0 Å². The van der Waals surface area contributed by atoms with Gasteiger partial charge in [-0.3, -0.25) is 0 Å². The van der Waals surface area contributed by atoms with E-state index in [1.165, 1.54) is 41.4 Å². The molecule has 2 aromatic rings. The van der Waals surface area contributed by atoms with Crippen LogP contribution in [0.5, 0.6) is 0 Å². The maximum absolute atomic E-state index is 2.26. The van der Waals surface area contributed by atoms with E-state index in [1.54, 1.807) is 0 Å². The lowest BCUT2D eigenvalue weighted by Crippen LogP contribution is -2.09. The fourth-order valence-electron chi connectivity index (χ4n) is 1.99. The Morgan fingerprint density at radius 3 is 1.41 bits per heavy atom. The fraction of sp³-hybridized carbons (Fsp3) is 0.250. The standard InChI is InChI=1S/C16H18P/c1-11-5-7-15(13(3)9-11)17-16-8-6-12(2)10-14(16)4/h5-10H,1-4H3. The maximum Gasteiger partial charge on any atom is -0.00947 e. The van der Waals surface area contributed by atoms with Crippen molar-refractivity contribution in [2.24, 2.45) is 0 Å². The molecule has 0 saturated heterocycles. The topological polar surface area (TPSA) is 0 Å². The van der Waals surface area contributed by atoms with Gasteiger partial charge in [-0.05, 0) is 58.0 Å². The summed E-state index contributed by atoms with van der Waals surface area (Å²) in [5.41, 5.74) is 5.43. The molecule has 0 bridgehead atoms. The Balaban J connectivity index is 2.31. The number of benzene rings is 2. The van der Waals surface area contributed by atoms with Crippen LogP contribution in [-0.2, 0) is 0 Å². The molecule has 2 rings (SSSR count). The molecule has 0 spiro atoms. The Labute approximate surface area is 106 Å². The zero-order valence-corrected chi connectivity index (χ0v) is 11.8.